The Labute approximate surface area is 261 Å². The molecule has 10 nitrogen and oxygen atoms in total. The number of ether oxygens (including phenoxy) is 3. The van der Waals surface area contributed by atoms with Crippen molar-refractivity contribution in [3.63, 3.8) is 0 Å². The van der Waals surface area contributed by atoms with E-state index in [4.69, 9.17) is 14.2 Å². The van der Waals surface area contributed by atoms with Gasteiger partial charge >= 0.3 is 18.2 Å². The first-order valence-corrected chi connectivity index (χ1v) is 15.2. The SMILES string of the molecule is CCOC(=O)c1cn(C2CC2)c2c(C#CC[C@H]3C[C@H](CNC(=O)OC(C)(C)C)CN3C(=O)OC(C)(C)C)c(F)c(F)cc2c1=O. The number of halogens is 2. The summed E-state index contributed by atoms with van der Waals surface area (Å²) in [5.74, 6) is 2.20. The van der Waals surface area contributed by atoms with E-state index in [2.05, 4.69) is 17.2 Å². The number of aromatic nitrogens is 1. The largest absolute Gasteiger partial charge is 0.462 e. The monoisotopic (exact) mass is 629 g/mol. The van der Waals surface area contributed by atoms with Gasteiger partial charge in [-0.1, -0.05) is 11.8 Å². The summed E-state index contributed by atoms with van der Waals surface area (Å²) in [5, 5.41) is 2.57. The molecule has 1 aromatic carbocycles. The van der Waals surface area contributed by atoms with Gasteiger partial charge in [-0.2, -0.15) is 0 Å². The van der Waals surface area contributed by atoms with Crippen molar-refractivity contribution >= 4 is 29.1 Å². The number of alkyl carbamates (subject to hydrolysis) is 1. The van der Waals surface area contributed by atoms with Gasteiger partial charge in [0.15, 0.2) is 11.6 Å². The van der Waals surface area contributed by atoms with Crippen LogP contribution in [0.15, 0.2) is 17.1 Å². The minimum Gasteiger partial charge on any atom is -0.462 e. The van der Waals surface area contributed by atoms with Crippen molar-refractivity contribution in [3.05, 3.63) is 45.2 Å². The lowest BCUT2D eigenvalue weighted by atomic mass is 10.0. The van der Waals surface area contributed by atoms with Crippen LogP contribution in [0.5, 0.6) is 0 Å². The van der Waals surface area contributed by atoms with E-state index in [1.807, 2.05) is 0 Å². The molecule has 45 heavy (non-hydrogen) atoms. The summed E-state index contributed by atoms with van der Waals surface area (Å²) < 4.78 is 47.7. The van der Waals surface area contributed by atoms with Crippen molar-refractivity contribution in [2.45, 2.75) is 97.4 Å². The first-order valence-electron chi connectivity index (χ1n) is 15.2. The second-order valence-electron chi connectivity index (χ2n) is 13.5. The van der Waals surface area contributed by atoms with Crippen LogP contribution in [-0.4, -0.2) is 64.6 Å². The third-order valence-corrected chi connectivity index (χ3v) is 7.26. The number of rotatable bonds is 6. The number of hydrogen-bond donors (Lipinski definition) is 1. The Bertz CT molecular complexity index is 1610. The second-order valence-corrected chi connectivity index (χ2v) is 13.5. The van der Waals surface area contributed by atoms with Crippen LogP contribution in [0.4, 0.5) is 18.4 Å². The van der Waals surface area contributed by atoms with E-state index in [0.29, 0.717) is 6.42 Å². The summed E-state index contributed by atoms with van der Waals surface area (Å²) in [5.41, 5.74) is -2.63. The van der Waals surface area contributed by atoms with Crippen LogP contribution >= 0.6 is 0 Å². The molecular formula is C33H41F2N3O7. The van der Waals surface area contributed by atoms with Crippen LogP contribution < -0.4 is 10.7 Å². The molecule has 12 heteroatoms. The van der Waals surface area contributed by atoms with Crippen molar-refractivity contribution in [2.75, 3.05) is 19.7 Å². The summed E-state index contributed by atoms with van der Waals surface area (Å²) in [6.07, 6.45) is 2.24. The van der Waals surface area contributed by atoms with Crippen molar-refractivity contribution in [1.29, 1.82) is 0 Å². The molecule has 1 N–H and O–H groups in total. The van der Waals surface area contributed by atoms with Crippen LogP contribution in [0.25, 0.3) is 10.9 Å². The zero-order chi connectivity index (χ0) is 33.3. The predicted octanol–water partition coefficient (Wildman–Crippen LogP) is 5.68. The maximum absolute atomic E-state index is 15.3. The molecule has 2 fully saturated rings. The molecule has 2 heterocycles. The van der Waals surface area contributed by atoms with Crippen LogP contribution in [0.1, 0.15) is 96.1 Å². The lowest BCUT2D eigenvalue weighted by Gasteiger charge is -2.28. The number of carbonyl (C=O) groups is 3. The Hall–Kier alpha value is -4.14. The van der Waals surface area contributed by atoms with E-state index < -0.39 is 52.5 Å². The van der Waals surface area contributed by atoms with Crippen LogP contribution in [0, 0.1) is 29.4 Å². The van der Waals surface area contributed by atoms with Gasteiger partial charge in [-0.05, 0) is 79.7 Å². The Morgan fingerprint density at radius 2 is 1.73 bits per heavy atom. The number of likely N-dealkylation sites (tertiary alicyclic amines) is 1. The van der Waals surface area contributed by atoms with E-state index >= 15 is 4.39 Å². The van der Waals surface area contributed by atoms with Gasteiger partial charge < -0.3 is 29.0 Å². The van der Waals surface area contributed by atoms with E-state index in [1.165, 1.54) is 11.1 Å². The van der Waals surface area contributed by atoms with Crippen molar-refractivity contribution < 1.29 is 37.4 Å². The summed E-state index contributed by atoms with van der Waals surface area (Å²) in [6.45, 7) is 12.7. The number of pyridine rings is 1. The number of nitrogens with one attached hydrogen (secondary N) is 1. The van der Waals surface area contributed by atoms with Gasteiger partial charge in [0.25, 0.3) is 0 Å². The minimum absolute atomic E-state index is 0.0493. The number of hydrogen-bond acceptors (Lipinski definition) is 7. The van der Waals surface area contributed by atoms with Crippen molar-refractivity contribution in [3.8, 4) is 11.8 Å². The topological polar surface area (TPSA) is 116 Å². The van der Waals surface area contributed by atoms with E-state index in [0.717, 1.165) is 18.9 Å². The molecule has 2 aromatic rings. The molecule has 4 rings (SSSR count). The maximum atomic E-state index is 15.3. The Balaban J connectivity index is 1.66. The third kappa shape index (κ3) is 8.32. The summed E-state index contributed by atoms with van der Waals surface area (Å²) in [7, 11) is 0. The number of amides is 2. The third-order valence-electron chi connectivity index (χ3n) is 7.26. The lowest BCUT2D eigenvalue weighted by Crippen LogP contribution is -2.40. The molecule has 1 aliphatic heterocycles. The standard InChI is InChI=1S/C33H41F2N3O7/c1-8-43-29(40)24-18-37(20-12-13-20)27-22(26(35)25(34)15-23(27)28(24)39)11-9-10-21-14-19(16-36-30(41)44-32(2,3)4)17-38(21)31(42)45-33(5,6)7/h15,18-21H,8,10,12-14,16-17H2,1-7H3,(H,36,41)/t19-,21+/m1/s1. The first-order chi connectivity index (χ1) is 21.0. The van der Waals surface area contributed by atoms with Gasteiger partial charge in [0, 0.05) is 37.8 Å². The molecule has 2 amide bonds. The molecule has 1 aromatic heterocycles. The normalized spacial score (nSPS) is 18.3. The minimum atomic E-state index is -1.27. The molecular weight excluding hydrogens is 588 g/mol. The molecule has 1 saturated heterocycles. The molecule has 0 radical (unpaired) electrons. The van der Waals surface area contributed by atoms with Crippen molar-refractivity contribution in [1.82, 2.24) is 14.8 Å². The molecule has 1 saturated carbocycles. The first kappa shape index (κ1) is 33.7. The highest BCUT2D eigenvalue weighted by molar-refractivity contribution is 5.95. The molecule has 0 spiro atoms. The molecule has 2 atom stereocenters. The Morgan fingerprint density at radius 1 is 1.07 bits per heavy atom. The summed E-state index contributed by atoms with van der Waals surface area (Å²) in [6, 6.07) is 0.243. The molecule has 2 aliphatic rings. The quantitative estimate of drug-likeness (QED) is 0.248. The van der Waals surface area contributed by atoms with Crippen LogP contribution in [0.2, 0.25) is 0 Å². The van der Waals surface area contributed by atoms with Gasteiger partial charge in [0.2, 0.25) is 5.43 Å². The number of carbonyl (C=O) groups excluding carboxylic acids is 3. The van der Waals surface area contributed by atoms with Gasteiger partial charge in [-0.15, -0.1) is 0 Å². The fourth-order valence-electron chi connectivity index (χ4n) is 5.27. The maximum Gasteiger partial charge on any atom is 0.410 e. The number of nitrogens with zero attached hydrogens (tertiary/aromatic N) is 2. The Morgan fingerprint density at radius 3 is 2.33 bits per heavy atom. The fraction of sp³-hybridized carbons (Fsp3) is 0.576. The van der Waals surface area contributed by atoms with Crippen LogP contribution in [0.3, 0.4) is 0 Å². The summed E-state index contributed by atoms with van der Waals surface area (Å²) in [4.78, 5) is 52.6. The molecule has 0 bridgehead atoms. The van der Waals surface area contributed by atoms with Gasteiger partial charge in [-0.25, -0.2) is 23.2 Å². The average molecular weight is 630 g/mol. The summed E-state index contributed by atoms with van der Waals surface area (Å²) >= 11 is 0. The van der Waals surface area contributed by atoms with E-state index in [-0.39, 0.29) is 60.1 Å². The van der Waals surface area contributed by atoms with Gasteiger partial charge in [-0.3, -0.25) is 4.79 Å². The van der Waals surface area contributed by atoms with Gasteiger partial charge in [0.05, 0.1) is 23.1 Å². The predicted molar refractivity (Wildman–Crippen MR) is 163 cm³/mol. The zero-order valence-electron chi connectivity index (χ0n) is 26.8. The molecule has 0 unspecified atom stereocenters. The number of benzene rings is 1. The molecule has 244 valence electrons. The highest BCUT2D eigenvalue weighted by atomic mass is 19.2. The van der Waals surface area contributed by atoms with E-state index in [1.54, 1.807) is 53.0 Å². The highest BCUT2D eigenvalue weighted by Gasteiger charge is 2.37. The van der Waals surface area contributed by atoms with Crippen LogP contribution in [-0.2, 0) is 14.2 Å². The fourth-order valence-corrected chi connectivity index (χ4v) is 5.27. The molecule has 1 aliphatic carbocycles. The zero-order valence-corrected chi connectivity index (χ0v) is 26.8. The highest BCUT2D eigenvalue weighted by Crippen LogP contribution is 2.38. The van der Waals surface area contributed by atoms with Gasteiger partial charge in [0.1, 0.15) is 16.8 Å². The van der Waals surface area contributed by atoms with E-state index in [9.17, 15) is 23.6 Å². The Kier molecular flexibility index (Phi) is 9.80. The lowest BCUT2D eigenvalue weighted by molar-refractivity contribution is 0.0224. The second kappa shape index (κ2) is 13.1. The smallest absolute Gasteiger partial charge is 0.410 e. The van der Waals surface area contributed by atoms with Crippen molar-refractivity contribution in [2.24, 2.45) is 5.92 Å². The number of esters is 1. The average Bonchev–Trinajstić information content (AvgIpc) is 3.68. The number of fused-ring (bicyclic) bond motifs is 1.